The molecule has 3 aromatic heterocycles. The summed E-state index contributed by atoms with van der Waals surface area (Å²) in [6.45, 7) is 3.84. The number of aromatic amines is 2. The number of rotatable bonds is 9. The average molecular weight is 495 g/mol. The Labute approximate surface area is 214 Å². The molecule has 0 aliphatic heterocycles. The van der Waals surface area contributed by atoms with Crippen molar-refractivity contribution in [3.05, 3.63) is 77.6 Å². The zero-order valence-electron chi connectivity index (χ0n) is 21.0. The van der Waals surface area contributed by atoms with Crippen LogP contribution in [0.15, 0.2) is 60.7 Å². The van der Waals surface area contributed by atoms with Crippen LogP contribution in [-0.4, -0.2) is 37.7 Å². The van der Waals surface area contributed by atoms with Crippen LogP contribution in [0.4, 0.5) is 5.82 Å². The predicted octanol–water partition coefficient (Wildman–Crippen LogP) is 5.10. The van der Waals surface area contributed by atoms with Gasteiger partial charge in [0.25, 0.3) is 5.91 Å². The number of benzene rings is 2. The van der Waals surface area contributed by atoms with Crippen molar-refractivity contribution in [2.24, 2.45) is 0 Å². The van der Waals surface area contributed by atoms with Crippen molar-refractivity contribution in [2.45, 2.75) is 45.6 Å². The number of aryl methyl sites for hydroxylation is 2. The van der Waals surface area contributed by atoms with Gasteiger partial charge in [0.1, 0.15) is 11.6 Å². The summed E-state index contributed by atoms with van der Waals surface area (Å²) in [4.78, 5) is 41.4. The first-order valence-electron chi connectivity index (χ1n) is 12.5. The number of Topliss-reactive ketones (excluding diaryl/α,β-unsaturated/α-hetero) is 1. The van der Waals surface area contributed by atoms with E-state index in [-0.39, 0.29) is 11.7 Å². The number of amides is 1. The van der Waals surface area contributed by atoms with Crippen LogP contribution in [0.25, 0.3) is 33.3 Å². The summed E-state index contributed by atoms with van der Waals surface area (Å²) >= 11 is 0. The second-order valence-corrected chi connectivity index (χ2v) is 9.37. The predicted molar refractivity (Wildman–Crippen MR) is 146 cm³/mol. The number of H-pyrrole nitrogens is 2. The molecule has 1 atom stereocenters. The Kier molecular flexibility index (Phi) is 6.72. The minimum atomic E-state index is -0.526. The molecule has 0 unspecified atom stereocenters. The highest BCUT2D eigenvalue weighted by molar-refractivity contribution is 6.02. The number of anilines is 1. The molecule has 188 valence electrons. The van der Waals surface area contributed by atoms with Gasteiger partial charge in [-0.2, -0.15) is 0 Å². The van der Waals surface area contributed by atoms with Gasteiger partial charge in [0.15, 0.2) is 11.4 Å². The number of carbonyl (C=O) groups excluding carboxylic acids is 2. The highest BCUT2D eigenvalue weighted by Gasteiger charge is 2.21. The van der Waals surface area contributed by atoms with Gasteiger partial charge in [-0.3, -0.25) is 9.59 Å². The smallest absolute Gasteiger partial charge is 0.251 e. The summed E-state index contributed by atoms with van der Waals surface area (Å²) < 4.78 is 0. The summed E-state index contributed by atoms with van der Waals surface area (Å²) in [5, 5.41) is 3.87. The van der Waals surface area contributed by atoms with Crippen molar-refractivity contribution >= 4 is 39.6 Å². The van der Waals surface area contributed by atoms with E-state index in [0.29, 0.717) is 29.9 Å². The molecule has 0 bridgehead atoms. The molecule has 0 radical (unpaired) electrons. The van der Waals surface area contributed by atoms with Gasteiger partial charge in [-0.05, 0) is 62.1 Å². The van der Waals surface area contributed by atoms with E-state index in [4.69, 9.17) is 5.73 Å². The van der Waals surface area contributed by atoms with Gasteiger partial charge in [0, 0.05) is 34.1 Å². The molecule has 0 aliphatic carbocycles. The molecule has 5 N–H and O–H groups in total. The zero-order valence-corrected chi connectivity index (χ0v) is 21.0. The van der Waals surface area contributed by atoms with Crippen molar-refractivity contribution in [1.82, 2.24) is 25.3 Å². The minimum absolute atomic E-state index is 0.0610. The first kappa shape index (κ1) is 24.2. The Morgan fingerprint density at radius 1 is 1.03 bits per heavy atom. The zero-order chi connectivity index (χ0) is 25.9. The van der Waals surface area contributed by atoms with Gasteiger partial charge >= 0.3 is 0 Å². The van der Waals surface area contributed by atoms with Crippen LogP contribution in [0.3, 0.4) is 0 Å². The number of nitrogen functional groups attached to an aromatic ring is 1. The Balaban J connectivity index is 1.39. The van der Waals surface area contributed by atoms with E-state index < -0.39 is 6.04 Å². The molecule has 2 aromatic carbocycles. The quantitative estimate of drug-likeness (QED) is 0.227. The number of fused-ring (bicyclic) bond motifs is 2. The lowest BCUT2D eigenvalue weighted by Crippen LogP contribution is -2.41. The Morgan fingerprint density at radius 2 is 1.84 bits per heavy atom. The number of nitrogens with two attached hydrogens (primary N) is 1. The standard InChI is InChI=1S/C29H30N6O2/c1-3-7-25(36)23(12-10-18-8-5-4-6-9-18)34-29(37)19-11-13-22-20(14-19)15-24(33-22)21-16-26(30)35-28-27(21)31-17(2)32-28/h4-6,8-9,11,13-16,23,33H,3,7,10,12H2,1-2H3,(H,34,37)(H3,30,31,32,35)/t23-/m0/s1. The maximum absolute atomic E-state index is 13.2. The van der Waals surface area contributed by atoms with Crippen LogP contribution in [0.5, 0.6) is 0 Å². The molecular weight excluding hydrogens is 464 g/mol. The Morgan fingerprint density at radius 3 is 2.62 bits per heavy atom. The van der Waals surface area contributed by atoms with Gasteiger partial charge in [-0.15, -0.1) is 0 Å². The fourth-order valence-electron chi connectivity index (χ4n) is 4.69. The van der Waals surface area contributed by atoms with Crippen molar-refractivity contribution in [3.63, 3.8) is 0 Å². The topological polar surface area (TPSA) is 130 Å². The molecule has 37 heavy (non-hydrogen) atoms. The van der Waals surface area contributed by atoms with Crippen molar-refractivity contribution in [1.29, 1.82) is 0 Å². The van der Waals surface area contributed by atoms with Crippen LogP contribution in [0.1, 0.15) is 47.9 Å². The van der Waals surface area contributed by atoms with E-state index in [1.807, 2.05) is 62.4 Å². The van der Waals surface area contributed by atoms with Crippen LogP contribution in [0, 0.1) is 6.92 Å². The van der Waals surface area contributed by atoms with Crippen molar-refractivity contribution in [2.75, 3.05) is 5.73 Å². The lowest BCUT2D eigenvalue weighted by atomic mass is 9.99. The number of hydrogen-bond acceptors (Lipinski definition) is 5. The largest absolute Gasteiger partial charge is 0.384 e. The van der Waals surface area contributed by atoms with E-state index in [1.54, 1.807) is 12.1 Å². The second kappa shape index (κ2) is 10.3. The summed E-state index contributed by atoms with van der Waals surface area (Å²) in [6.07, 6.45) is 2.47. The van der Waals surface area contributed by atoms with Crippen LogP contribution in [0.2, 0.25) is 0 Å². The van der Waals surface area contributed by atoms with E-state index >= 15 is 0 Å². The van der Waals surface area contributed by atoms with E-state index in [9.17, 15) is 9.59 Å². The summed E-state index contributed by atoms with van der Waals surface area (Å²) in [7, 11) is 0. The van der Waals surface area contributed by atoms with E-state index in [1.165, 1.54) is 0 Å². The fourth-order valence-corrected chi connectivity index (χ4v) is 4.69. The molecule has 5 aromatic rings. The third kappa shape index (κ3) is 5.23. The molecule has 0 aliphatic rings. The summed E-state index contributed by atoms with van der Waals surface area (Å²) in [6, 6.07) is 18.7. The molecule has 5 rings (SSSR count). The number of ketones is 1. The third-order valence-electron chi connectivity index (χ3n) is 6.53. The molecule has 0 saturated carbocycles. The molecule has 0 saturated heterocycles. The van der Waals surface area contributed by atoms with E-state index in [2.05, 4.69) is 25.3 Å². The Bertz CT molecular complexity index is 1580. The number of nitrogens with one attached hydrogen (secondary N) is 3. The van der Waals surface area contributed by atoms with Gasteiger partial charge in [0.2, 0.25) is 0 Å². The minimum Gasteiger partial charge on any atom is -0.384 e. The molecule has 1 amide bonds. The summed E-state index contributed by atoms with van der Waals surface area (Å²) in [5.74, 6) is 0.938. The molecule has 3 heterocycles. The van der Waals surface area contributed by atoms with Crippen LogP contribution >= 0.6 is 0 Å². The van der Waals surface area contributed by atoms with Gasteiger partial charge in [-0.25, -0.2) is 9.97 Å². The van der Waals surface area contributed by atoms with Crippen molar-refractivity contribution < 1.29 is 9.59 Å². The normalized spacial score (nSPS) is 12.2. The summed E-state index contributed by atoms with van der Waals surface area (Å²) in [5.41, 5.74) is 11.6. The monoisotopic (exact) mass is 494 g/mol. The molecule has 8 heteroatoms. The van der Waals surface area contributed by atoms with Crippen LogP contribution < -0.4 is 11.1 Å². The molecular formula is C29H30N6O2. The first-order chi connectivity index (χ1) is 17.9. The number of nitrogens with zero attached hydrogens (tertiary/aromatic N) is 2. The lowest BCUT2D eigenvalue weighted by Gasteiger charge is -2.18. The maximum Gasteiger partial charge on any atom is 0.251 e. The number of carbonyl (C=O) groups is 2. The second-order valence-electron chi connectivity index (χ2n) is 9.37. The maximum atomic E-state index is 13.2. The van der Waals surface area contributed by atoms with Crippen LogP contribution in [-0.2, 0) is 11.2 Å². The lowest BCUT2D eigenvalue weighted by molar-refractivity contribution is -0.121. The van der Waals surface area contributed by atoms with Gasteiger partial charge < -0.3 is 21.0 Å². The Hall–Kier alpha value is -4.46. The molecule has 0 fully saturated rings. The highest BCUT2D eigenvalue weighted by Crippen LogP contribution is 2.30. The SMILES string of the molecule is CCCC(=O)[C@H](CCc1ccccc1)NC(=O)c1ccc2[nH]c(-c3cc(N)nc4nc(C)[nH]c34)cc2c1. The average Bonchev–Trinajstić information content (AvgIpc) is 3.48. The highest BCUT2D eigenvalue weighted by atomic mass is 16.2. The fraction of sp³-hybridized carbons (Fsp3) is 0.241. The number of pyridine rings is 1. The van der Waals surface area contributed by atoms with E-state index in [0.717, 1.165) is 51.9 Å². The van der Waals surface area contributed by atoms with Gasteiger partial charge in [-0.1, -0.05) is 37.3 Å². The van der Waals surface area contributed by atoms with Crippen molar-refractivity contribution in [3.8, 4) is 11.3 Å². The number of imidazole rings is 1. The molecule has 8 nitrogen and oxygen atoms in total. The first-order valence-corrected chi connectivity index (χ1v) is 12.5. The van der Waals surface area contributed by atoms with Gasteiger partial charge in [0.05, 0.1) is 11.6 Å². The third-order valence-corrected chi connectivity index (χ3v) is 6.53. The number of aromatic nitrogens is 4. The number of hydrogen-bond donors (Lipinski definition) is 4. The molecule has 0 spiro atoms.